The van der Waals surface area contributed by atoms with Crippen molar-refractivity contribution in [2.45, 2.75) is 31.6 Å². The van der Waals surface area contributed by atoms with Gasteiger partial charge in [-0.3, -0.25) is 14.6 Å². The summed E-state index contributed by atoms with van der Waals surface area (Å²) in [6, 6.07) is 10.6. The quantitative estimate of drug-likeness (QED) is 0.530. The van der Waals surface area contributed by atoms with E-state index < -0.39 is 0 Å². The monoisotopic (exact) mass is 481 g/mol. The van der Waals surface area contributed by atoms with Crippen LogP contribution in [0.15, 0.2) is 55.1 Å². The van der Waals surface area contributed by atoms with Gasteiger partial charge in [0.1, 0.15) is 6.33 Å². The van der Waals surface area contributed by atoms with Crippen LogP contribution < -0.4 is 0 Å². The molecule has 0 bridgehead atoms. The van der Waals surface area contributed by atoms with Crippen molar-refractivity contribution in [2.75, 3.05) is 33.7 Å². The van der Waals surface area contributed by atoms with Gasteiger partial charge in [-0.15, -0.1) is 0 Å². The van der Waals surface area contributed by atoms with Crippen LogP contribution in [-0.4, -0.2) is 70.2 Å². The molecule has 0 atom stereocenters. The molecule has 0 radical (unpaired) electrons. The fourth-order valence-corrected chi connectivity index (χ4v) is 5.11. The number of Topliss-reactive ketones (excluding diaryl/α,β-unsaturated/α-hetero) is 1. The number of rotatable bonds is 6. The molecule has 1 saturated heterocycles. The van der Waals surface area contributed by atoms with Crippen LogP contribution in [0.25, 0.3) is 17.3 Å². The van der Waals surface area contributed by atoms with Crippen LogP contribution in [0, 0.1) is 0 Å². The highest BCUT2D eigenvalue weighted by Crippen LogP contribution is 2.31. The molecule has 0 spiro atoms. The summed E-state index contributed by atoms with van der Waals surface area (Å²) in [7, 11) is 3.85. The molecular weight excluding hydrogens is 450 g/mol. The molecule has 0 saturated carbocycles. The molecule has 5 rings (SSSR count). The number of piperidine rings is 1. The zero-order chi connectivity index (χ0) is 25.1. The summed E-state index contributed by atoms with van der Waals surface area (Å²) >= 11 is 0. The highest BCUT2D eigenvalue weighted by Gasteiger charge is 2.24. The van der Waals surface area contributed by atoms with Crippen LogP contribution in [-0.2, 0) is 11.2 Å². The molecule has 7 heteroatoms. The van der Waals surface area contributed by atoms with Crippen LogP contribution in [0.4, 0.5) is 0 Å². The summed E-state index contributed by atoms with van der Waals surface area (Å²) in [5, 5.41) is 0. The van der Waals surface area contributed by atoms with Gasteiger partial charge in [-0.2, -0.15) is 0 Å². The van der Waals surface area contributed by atoms with Crippen LogP contribution in [0.3, 0.4) is 0 Å². The smallest absolute Gasteiger partial charge is 0.236 e. The SMILES string of the molecule is CN(C)CC(=O)N1CCC(c2ccc(Cc3nc(-c4cncnc4)cc4c3C(=O)CC=C4)cc2)CC1. The summed E-state index contributed by atoms with van der Waals surface area (Å²) in [5.41, 5.74) is 6.45. The Kier molecular flexibility index (Phi) is 7.00. The van der Waals surface area contributed by atoms with Crippen molar-refractivity contribution >= 4 is 17.8 Å². The third-order valence-electron chi connectivity index (χ3n) is 6.98. The molecule has 1 aromatic carbocycles. The maximum Gasteiger partial charge on any atom is 0.236 e. The number of benzene rings is 1. The fourth-order valence-electron chi connectivity index (χ4n) is 5.11. The molecule has 1 aliphatic carbocycles. The first-order valence-electron chi connectivity index (χ1n) is 12.5. The predicted molar refractivity (Wildman–Crippen MR) is 140 cm³/mol. The summed E-state index contributed by atoms with van der Waals surface area (Å²) < 4.78 is 0. The number of aromatic nitrogens is 3. The number of amides is 1. The van der Waals surface area contributed by atoms with Crippen molar-refractivity contribution in [3.05, 3.63) is 83.1 Å². The molecule has 36 heavy (non-hydrogen) atoms. The van der Waals surface area contributed by atoms with Gasteiger partial charge in [0.2, 0.25) is 5.91 Å². The van der Waals surface area contributed by atoms with E-state index in [9.17, 15) is 9.59 Å². The molecule has 184 valence electrons. The lowest BCUT2D eigenvalue weighted by Gasteiger charge is -2.33. The summed E-state index contributed by atoms with van der Waals surface area (Å²) in [4.78, 5) is 42.2. The van der Waals surface area contributed by atoms with Gasteiger partial charge < -0.3 is 9.80 Å². The van der Waals surface area contributed by atoms with E-state index >= 15 is 0 Å². The lowest BCUT2D eigenvalue weighted by Crippen LogP contribution is -2.42. The Morgan fingerprint density at radius 3 is 2.50 bits per heavy atom. The number of likely N-dealkylation sites (N-methyl/N-ethyl adjacent to an activating group) is 1. The largest absolute Gasteiger partial charge is 0.342 e. The number of likely N-dealkylation sites (tertiary alicyclic amines) is 1. The third kappa shape index (κ3) is 5.26. The Morgan fingerprint density at radius 1 is 1.08 bits per heavy atom. The number of pyridine rings is 1. The minimum atomic E-state index is 0.109. The van der Waals surface area contributed by atoms with Crippen LogP contribution >= 0.6 is 0 Å². The maximum atomic E-state index is 12.8. The second-order valence-corrected chi connectivity index (χ2v) is 9.89. The van der Waals surface area contributed by atoms with E-state index in [4.69, 9.17) is 4.98 Å². The van der Waals surface area contributed by atoms with E-state index in [1.165, 1.54) is 11.9 Å². The number of ketones is 1. The Morgan fingerprint density at radius 2 is 1.81 bits per heavy atom. The highest BCUT2D eigenvalue weighted by molar-refractivity contribution is 6.04. The third-order valence-corrected chi connectivity index (χ3v) is 6.98. The standard InChI is InChI=1S/C29H31N5O2/c1-33(2)18-28(36)34-12-10-22(11-13-34)21-8-6-20(7-9-21)14-26-29-23(4-3-5-27(29)35)15-25(32-26)24-16-30-19-31-17-24/h3-4,6-9,15-17,19,22H,5,10-14,18H2,1-2H3. The first-order chi connectivity index (χ1) is 17.5. The maximum absolute atomic E-state index is 12.8. The van der Waals surface area contributed by atoms with Crippen molar-refractivity contribution in [2.24, 2.45) is 0 Å². The van der Waals surface area contributed by atoms with Crippen molar-refractivity contribution in [3.8, 4) is 11.3 Å². The zero-order valence-electron chi connectivity index (χ0n) is 20.9. The van der Waals surface area contributed by atoms with Crippen LogP contribution in [0.1, 0.15) is 57.9 Å². The van der Waals surface area contributed by atoms with E-state index in [0.29, 0.717) is 25.3 Å². The molecule has 7 nitrogen and oxygen atoms in total. The normalized spacial score (nSPS) is 15.9. The van der Waals surface area contributed by atoms with Gasteiger partial charge in [-0.25, -0.2) is 9.97 Å². The number of carbonyl (C=O) groups is 2. The van der Waals surface area contributed by atoms with Crippen molar-refractivity contribution in [1.29, 1.82) is 0 Å². The number of nitrogens with zero attached hydrogens (tertiary/aromatic N) is 5. The Labute approximate surface area is 211 Å². The summed E-state index contributed by atoms with van der Waals surface area (Å²) in [6.45, 7) is 2.08. The highest BCUT2D eigenvalue weighted by atomic mass is 16.2. The van der Waals surface area contributed by atoms with Gasteiger partial charge >= 0.3 is 0 Å². The number of fused-ring (bicyclic) bond motifs is 1. The Balaban J connectivity index is 1.33. The van der Waals surface area contributed by atoms with Gasteiger partial charge in [0.05, 0.1) is 17.9 Å². The number of allylic oxidation sites excluding steroid dienone is 1. The molecule has 2 aromatic heterocycles. The second-order valence-electron chi connectivity index (χ2n) is 9.89. The lowest BCUT2D eigenvalue weighted by molar-refractivity contribution is -0.132. The molecule has 1 amide bonds. The Hall–Kier alpha value is -3.71. The van der Waals surface area contributed by atoms with E-state index in [2.05, 4.69) is 34.2 Å². The molecular formula is C29H31N5O2. The van der Waals surface area contributed by atoms with E-state index in [1.54, 1.807) is 12.4 Å². The summed E-state index contributed by atoms with van der Waals surface area (Å²) in [5.74, 6) is 0.776. The minimum Gasteiger partial charge on any atom is -0.342 e. The van der Waals surface area contributed by atoms with E-state index in [1.807, 2.05) is 42.1 Å². The van der Waals surface area contributed by atoms with Crippen LogP contribution in [0.5, 0.6) is 0 Å². The van der Waals surface area contributed by atoms with Gasteiger partial charge in [-0.05, 0) is 55.6 Å². The van der Waals surface area contributed by atoms with Crippen molar-refractivity contribution in [3.63, 3.8) is 0 Å². The van der Waals surface area contributed by atoms with Crippen molar-refractivity contribution < 1.29 is 9.59 Å². The van der Waals surface area contributed by atoms with Gasteiger partial charge in [0.15, 0.2) is 5.78 Å². The topological polar surface area (TPSA) is 79.3 Å². The molecule has 3 heterocycles. The van der Waals surface area contributed by atoms with Gasteiger partial charge in [0.25, 0.3) is 0 Å². The van der Waals surface area contributed by atoms with Crippen LogP contribution in [0.2, 0.25) is 0 Å². The molecule has 3 aromatic rings. The average Bonchev–Trinajstić information content (AvgIpc) is 2.89. The number of carbonyl (C=O) groups excluding carboxylic acids is 2. The fraction of sp³-hybridized carbons (Fsp3) is 0.345. The molecule has 1 aliphatic heterocycles. The predicted octanol–water partition coefficient (Wildman–Crippen LogP) is 4.00. The number of hydrogen-bond acceptors (Lipinski definition) is 6. The lowest BCUT2D eigenvalue weighted by atomic mass is 9.88. The molecule has 2 aliphatic rings. The van der Waals surface area contributed by atoms with E-state index in [-0.39, 0.29) is 11.7 Å². The van der Waals surface area contributed by atoms with Gasteiger partial charge in [-0.1, -0.05) is 36.4 Å². The van der Waals surface area contributed by atoms with Gasteiger partial charge in [0, 0.05) is 49.5 Å². The first kappa shape index (κ1) is 24.0. The minimum absolute atomic E-state index is 0.109. The molecule has 1 fully saturated rings. The van der Waals surface area contributed by atoms with Crippen molar-refractivity contribution in [1.82, 2.24) is 24.8 Å². The second kappa shape index (κ2) is 10.5. The first-order valence-corrected chi connectivity index (χ1v) is 12.5. The molecule has 0 N–H and O–H groups in total. The number of hydrogen-bond donors (Lipinski definition) is 0. The zero-order valence-corrected chi connectivity index (χ0v) is 20.9. The average molecular weight is 482 g/mol. The summed E-state index contributed by atoms with van der Waals surface area (Å²) in [6.07, 6.45) is 11.9. The van der Waals surface area contributed by atoms with E-state index in [0.717, 1.165) is 59.6 Å². The Bertz CT molecular complexity index is 1280. The molecule has 0 unspecified atom stereocenters.